The van der Waals surface area contributed by atoms with Gasteiger partial charge in [-0.15, -0.1) is 0 Å². The summed E-state index contributed by atoms with van der Waals surface area (Å²) in [5.74, 6) is 0.590. The number of fused-ring (bicyclic) bond motifs is 1. The third-order valence-corrected chi connectivity index (χ3v) is 8.21. The van der Waals surface area contributed by atoms with E-state index in [9.17, 15) is 9.59 Å². The van der Waals surface area contributed by atoms with Crippen LogP contribution in [0.4, 0.5) is 11.6 Å². The minimum absolute atomic E-state index is 0.0135. The van der Waals surface area contributed by atoms with Crippen molar-refractivity contribution in [3.8, 4) is 6.01 Å². The number of aromatic nitrogens is 4. The number of ether oxygens (including phenoxy) is 1. The Balaban J connectivity index is 1.24. The molecule has 3 heterocycles. The molecule has 2 amide bonds. The van der Waals surface area contributed by atoms with E-state index >= 15 is 0 Å². The maximum absolute atomic E-state index is 13.0. The Hall–Kier alpha value is -3.99. The monoisotopic (exact) mass is 574 g/mol. The van der Waals surface area contributed by atoms with Crippen LogP contribution in [-0.2, 0) is 16.1 Å². The van der Waals surface area contributed by atoms with Crippen molar-refractivity contribution in [2.24, 2.45) is 5.92 Å². The first-order valence-corrected chi connectivity index (χ1v) is 15.0. The molecule has 42 heavy (non-hydrogen) atoms. The van der Waals surface area contributed by atoms with Gasteiger partial charge in [-0.3, -0.25) is 9.59 Å². The van der Waals surface area contributed by atoms with E-state index in [2.05, 4.69) is 53.4 Å². The van der Waals surface area contributed by atoms with E-state index in [4.69, 9.17) is 14.7 Å². The van der Waals surface area contributed by atoms with Gasteiger partial charge in [0, 0.05) is 42.8 Å². The molecule has 0 unspecified atom stereocenters. The van der Waals surface area contributed by atoms with Crippen LogP contribution in [0.2, 0.25) is 0 Å². The molecule has 0 radical (unpaired) electrons. The number of carbonyl (C=O) groups excluding carboxylic acids is 2. The van der Waals surface area contributed by atoms with Gasteiger partial charge in [-0.1, -0.05) is 32.6 Å². The zero-order chi connectivity index (χ0) is 29.6. The number of benzene rings is 1. The second-order valence-electron chi connectivity index (χ2n) is 11.7. The first-order valence-electron chi connectivity index (χ1n) is 15.0. The summed E-state index contributed by atoms with van der Waals surface area (Å²) in [5, 5.41) is 14.0. The summed E-state index contributed by atoms with van der Waals surface area (Å²) < 4.78 is 7.99. The molecule has 2 fully saturated rings. The lowest BCUT2D eigenvalue weighted by Crippen LogP contribution is -2.38. The molecule has 3 aromatic rings. The number of anilines is 2. The van der Waals surface area contributed by atoms with Crippen LogP contribution in [0.15, 0.2) is 43.1 Å². The van der Waals surface area contributed by atoms with Crippen LogP contribution in [-0.4, -0.2) is 68.6 Å². The van der Waals surface area contributed by atoms with Crippen molar-refractivity contribution in [1.29, 1.82) is 0 Å². The molecule has 0 bridgehead atoms. The number of rotatable bonds is 10. The molecule has 1 aromatic carbocycles. The largest absolute Gasteiger partial charge is 0.460 e. The number of hydrogen-bond donors (Lipinski definition) is 3. The van der Waals surface area contributed by atoms with Crippen LogP contribution < -0.4 is 20.7 Å². The van der Waals surface area contributed by atoms with Gasteiger partial charge in [-0.05, 0) is 75.3 Å². The highest BCUT2D eigenvalue weighted by molar-refractivity contribution is 5.92. The average Bonchev–Trinajstić information content (AvgIpc) is 3.42. The maximum atomic E-state index is 13.0. The van der Waals surface area contributed by atoms with Gasteiger partial charge in [0.25, 0.3) is 0 Å². The number of hydrogen-bond acceptors (Lipinski definition) is 8. The van der Waals surface area contributed by atoms with E-state index in [1.165, 1.54) is 6.08 Å². The molecule has 5 rings (SSSR count). The normalized spacial score (nSPS) is 19.9. The molecule has 1 aliphatic heterocycles. The minimum Gasteiger partial charge on any atom is -0.460 e. The van der Waals surface area contributed by atoms with Crippen molar-refractivity contribution in [1.82, 2.24) is 29.8 Å². The summed E-state index contributed by atoms with van der Waals surface area (Å²) in [7, 11) is 2.13. The number of nitrogens with zero attached hydrogens (tertiary/aromatic N) is 5. The molecular weight excluding hydrogens is 532 g/mol. The predicted octanol–water partition coefficient (Wildman–Crippen LogP) is 4.13. The lowest BCUT2D eigenvalue weighted by molar-refractivity contribution is -0.121. The van der Waals surface area contributed by atoms with Gasteiger partial charge in [0.05, 0.1) is 6.20 Å². The van der Waals surface area contributed by atoms with Gasteiger partial charge >= 0.3 is 6.01 Å². The highest BCUT2D eigenvalue weighted by atomic mass is 16.5. The van der Waals surface area contributed by atoms with Crippen molar-refractivity contribution in [3.63, 3.8) is 0 Å². The van der Waals surface area contributed by atoms with Gasteiger partial charge in [-0.25, -0.2) is 0 Å². The fraction of sp³-hybridized carbons (Fsp3) is 0.516. The fourth-order valence-electron chi connectivity index (χ4n) is 5.65. The Morgan fingerprint density at radius 1 is 1.12 bits per heavy atom. The van der Waals surface area contributed by atoms with Gasteiger partial charge in [-0.2, -0.15) is 19.6 Å². The summed E-state index contributed by atoms with van der Waals surface area (Å²) in [6, 6.07) is 8.27. The van der Waals surface area contributed by atoms with Crippen molar-refractivity contribution >= 4 is 29.1 Å². The molecule has 3 N–H and O–H groups in total. The first-order chi connectivity index (χ1) is 20.3. The van der Waals surface area contributed by atoms with E-state index in [0.717, 1.165) is 74.1 Å². The number of nitrogens with one attached hydrogen (secondary N) is 3. The summed E-state index contributed by atoms with van der Waals surface area (Å²) >= 11 is 0. The Kier molecular flexibility index (Phi) is 9.36. The topological polar surface area (TPSA) is 126 Å². The average molecular weight is 575 g/mol. The molecule has 11 nitrogen and oxygen atoms in total. The predicted molar refractivity (Wildman–Crippen MR) is 163 cm³/mol. The molecule has 1 saturated carbocycles. The zero-order valence-electron chi connectivity index (χ0n) is 24.8. The Bertz CT molecular complexity index is 1400. The van der Waals surface area contributed by atoms with E-state index in [1.807, 2.05) is 30.5 Å². The third kappa shape index (κ3) is 7.25. The third-order valence-electron chi connectivity index (χ3n) is 8.21. The van der Waals surface area contributed by atoms with Crippen LogP contribution in [0.5, 0.6) is 6.01 Å². The minimum atomic E-state index is -0.162. The number of likely N-dealkylation sites (tertiary alicyclic amines) is 1. The molecule has 0 spiro atoms. The van der Waals surface area contributed by atoms with Gasteiger partial charge < -0.3 is 25.6 Å². The number of carbonyl (C=O) groups is 2. The molecule has 224 valence electrons. The van der Waals surface area contributed by atoms with Gasteiger partial charge in [0.1, 0.15) is 6.10 Å². The van der Waals surface area contributed by atoms with E-state index < -0.39 is 0 Å². The highest BCUT2D eigenvalue weighted by Crippen LogP contribution is 2.27. The van der Waals surface area contributed by atoms with Crippen molar-refractivity contribution < 1.29 is 14.3 Å². The summed E-state index contributed by atoms with van der Waals surface area (Å²) in [4.78, 5) is 36.3. The van der Waals surface area contributed by atoms with Gasteiger partial charge in [0.15, 0.2) is 5.65 Å². The van der Waals surface area contributed by atoms with Gasteiger partial charge in [0.2, 0.25) is 17.8 Å². The Morgan fingerprint density at radius 3 is 2.60 bits per heavy atom. The fourth-order valence-corrected chi connectivity index (χ4v) is 5.65. The Morgan fingerprint density at radius 2 is 1.88 bits per heavy atom. The molecule has 11 heteroatoms. The zero-order valence-corrected chi connectivity index (χ0v) is 24.8. The van der Waals surface area contributed by atoms with Crippen LogP contribution in [0, 0.1) is 5.92 Å². The van der Waals surface area contributed by atoms with Crippen molar-refractivity contribution in [2.75, 3.05) is 30.8 Å². The smallest absolute Gasteiger partial charge is 0.322 e. The number of amides is 2. The maximum Gasteiger partial charge on any atom is 0.322 e. The standard InChI is InChI=1S/C31H42N8O3/c1-5-27(40)34-23-11-9-22(10-12-23)29(41)35-24-8-6-7-21(17-24)18-32-30-37-31(42-25-13-15-38(4)16-14-25)36-28-26(20(2)3)19-33-39(28)30/h5-8,17,19-20,22-23,25H,1,9-16,18H2,2-4H3,(H,34,40)(H,35,41)(H,32,36,37)/t22-,23+. The summed E-state index contributed by atoms with van der Waals surface area (Å²) in [6.07, 6.45) is 8.14. The van der Waals surface area contributed by atoms with Crippen LogP contribution >= 0.6 is 0 Å². The van der Waals surface area contributed by atoms with Crippen LogP contribution in [0.25, 0.3) is 5.65 Å². The second-order valence-corrected chi connectivity index (χ2v) is 11.7. The van der Waals surface area contributed by atoms with Crippen molar-refractivity contribution in [3.05, 3.63) is 54.2 Å². The molecule has 2 aliphatic rings. The molecule has 0 atom stereocenters. The quantitative estimate of drug-likeness (QED) is 0.309. The number of piperidine rings is 1. The molecule has 1 saturated heterocycles. The molecule has 1 aliphatic carbocycles. The van der Waals surface area contributed by atoms with E-state index in [-0.39, 0.29) is 35.8 Å². The van der Waals surface area contributed by atoms with Crippen molar-refractivity contribution in [2.45, 2.75) is 77.0 Å². The first kappa shape index (κ1) is 29.5. The Labute approximate surface area is 247 Å². The highest BCUT2D eigenvalue weighted by Gasteiger charge is 2.27. The SMILES string of the molecule is C=CC(=O)N[C@H]1CC[C@@H](C(=O)Nc2cccc(CNc3nc(OC4CCN(C)CC4)nc4c(C(C)C)cnn34)c2)CC1. The summed E-state index contributed by atoms with van der Waals surface area (Å²) in [6.45, 7) is 10.2. The lowest BCUT2D eigenvalue weighted by atomic mass is 9.85. The lowest BCUT2D eigenvalue weighted by Gasteiger charge is -2.28. The van der Waals surface area contributed by atoms with Crippen LogP contribution in [0.3, 0.4) is 0 Å². The molecular formula is C31H42N8O3. The molecule has 2 aromatic heterocycles. The van der Waals surface area contributed by atoms with E-state index in [1.54, 1.807) is 4.52 Å². The summed E-state index contributed by atoms with van der Waals surface area (Å²) in [5.41, 5.74) is 3.52. The van der Waals surface area contributed by atoms with E-state index in [0.29, 0.717) is 18.5 Å². The van der Waals surface area contributed by atoms with Crippen LogP contribution in [0.1, 0.15) is 69.4 Å². The second kappa shape index (κ2) is 13.3.